The Kier molecular flexibility index (Phi) is 4.35. The van der Waals surface area contributed by atoms with E-state index < -0.39 is 11.8 Å². The smallest absolute Gasteiger partial charge is 0.411 e. The third-order valence-electron chi connectivity index (χ3n) is 2.80. The Morgan fingerprint density at radius 2 is 2.24 bits per heavy atom. The van der Waals surface area contributed by atoms with Gasteiger partial charge in [0.25, 0.3) is 0 Å². The number of rotatable bonds is 1. The third kappa shape index (κ3) is 3.90. The van der Waals surface area contributed by atoms with Crippen LogP contribution in [0.3, 0.4) is 0 Å². The van der Waals surface area contributed by atoms with Crippen molar-refractivity contribution in [2.75, 3.05) is 6.54 Å². The summed E-state index contributed by atoms with van der Waals surface area (Å²) in [6.45, 7) is 6.09. The number of carbonyl (C=O) groups is 1. The first kappa shape index (κ1) is 13.8. The molecule has 0 aromatic heterocycles. The van der Waals surface area contributed by atoms with Gasteiger partial charge in [-0.05, 0) is 33.6 Å². The molecule has 1 heterocycles. The number of hydrogen-bond donors (Lipinski definition) is 1. The Morgan fingerprint density at radius 3 is 2.76 bits per heavy atom. The molecular formula is C12H21N3O2. The highest BCUT2D eigenvalue weighted by atomic mass is 16.6. The highest BCUT2D eigenvalue weighted by Crippen LogP contribution is 2.24. The molecule has 0 spiro atoms. The van der Waals surface area contributed by atoms with Gasteiger partial charge < -0.3 is 10.5 Å². The molecule has 1 saturated heterocycles. The van der Waals surface area contributed by atoms with Crippen molar-refractivity contribution in [1.82, 2.24) is 4.90 Å². The first-order chi connectivity index (χ1) is 7.85. The molecule has 0 aromatic rings. The molecular weight excluding hydrogens is 218 g/mol. The van der Waals surface area contributed by atoms with Crippen molar-refractivity contribution in [3.63, 3.8) is 0 Å². The molecule has 96 valence electrons. The largest absolute Gasteiger partial charge is 0.444 e. The van der Waals surface area contributed by atoms with Gasteiger partial charge in [-0.3, -0.25) is 4.90 Å². The molecule has 5 heteroatoms. The van der Waals surface area contributed by atoms with E-state index in [4.69, 9.17) is 15.7 Å². The van der Waals surface area contributed by atoms with E-state index in [1.165, 1.54) is 4.90 Å². The average Bonchev–Trinajstić information content (AvgIpc) is 2.18. The second-order valence-electron chi connectivity index (χ2n) is 5.43. The minimum absolute atomic E-state index is 0.0567. The Bertz CT molecular complexity index is 317. The van der Waals surface area contributed by atoms with Crippen molar-refractivity contribution in [3.8, 4) is 6.07 Å². The van der Waals surface area contributed by atoms with Crippen LogP contribution in [-0.4, -0.2) is 29.3 Å². The number of carbonyl (C=O) groups excluding carboxylic acids is 1. The van der Waals surface area contributed by atoms with E-state index in [9.17, 15) is 4.79 Å². The molecule has 0 aliphatic carbocycles. The monoisotopic (exact) mass is 239 g/mol. The zero-order valence-corrected chi connectivity index (χ0v) is 10.8. The lowest BCUT2D eigenvalue weighted by Gasteiger charge is -2.38. The molecule has 1 amide bonds. The predicted molar refractivity (Wildman–Crippen MR) is 63.9 cm³/mol. The van der Waals surface area contributed by atoms with E-state index in [2.05, 4.69) is 6.07 Å². The molecule has 1 aliphatic rings. The zero-order chi connectivity index (χ0) is 13.1. The summed E-state index contributed by atoms with van der Waals surface area (Å²) < 4.78 is 5.30. The molecule has 2 N–H and O–H groups in total. The summed E-state index contributed by atoms with van der Waals surface area (Å²) in [5.41, 5.74) is 5.49. The molecule has 1 fully saturated rings. The van der Waals surface area contributed by atoms with Gasteiger partial charge in [-0.25, -0.2) is 4.79 Å². The first-order valence-corrected chi connectivity index (χ1v) is 5.97. The number of nitrogens with zero attached hydrogens (tertiary/aromatic N) is 2. The van der Waals surface area contributed by atoms with Crippen LogP contribution in [0.5, 0.6) is 0 Å². The standard InChI is InChI=1S/C12H21N3O2/c1-12(2,3)17-11(16)15-8-4-5-9(6-7-13)10(15)14/h9-10H,4-6,8,14H2,1-3H3. The number of nitriles is 1. The van der Waals surface area contributed by atoms with Crippen molar-refractivity contribution in [2.24, 2.45) is 11.7 Å². The third-order valence-corrected chi connectivity index (χ3v) is 2.80. The Balaban J connectivity index is 2.64. The summed E-state index contributed by atoms with van der Waals surface area (Å²) in [4.78, 5) is 13.5. The van der Waals surface area contributed by atoms with Gasteiger partial charge in [-0.15, -0.1) is 0 Å². The van der Waals surface area contributed by atoms with Crippen LogP contribution in [-0.2, 0) is 4.74 Å². The average molecular weight is 239 g/mol. The van der Waals surface area contributed by atoms with Crippen LogP contribution in [0, 0.1) is 17.2 Å². The van der Waals surface area contributed by atoms with E-state index in [0.717, 1.165) is 12.8 Å². The van der Waals surface area contributed by atoms with Crippen LogP contribution in [0.1, 0.15) is 40.0 Å². The maximum Gasteiger partial charge on any atom is 0.411 e. The summed E-state index contributed by atoms with van der Waals surface area (Å²) in [6.07, 6.45) is 1.37. The van der Waals surface area contributed by atoms with Crippen LogP contribution < -0.4 is 5.73 Å². The molecule has 0 saturated carbocycles. The summed E-state index contributed by atoms with van der Waals surface area (Å²) >= 11 is 0. The summed E-state index contributed by atoms with van der Waals surface area (Å²) in [6, 6.07) is 2.12. The Hall–Kier alpha value is -1.28. The number of piperidine rings is 1. The van der Waals surface area contributed by atoms with E-state index in [1.807, 2.05) is 20.8 Å². The first-order valence-electron chi connectivity index (χ1n) is 5.97. The van der Waals surface area contributed by atoms with Crippen molar-refractivity contribution >= 4 is 6.09 Å². The molecule has 1 rings (SSSR count). The van der Waals surface area contributed by atoms with Gasteiger partial charge in [0.15, 0.2) is 0 Å². The second kappa shape index (κ2) is 5.37. The van der Waals surface area contributed by atoms with Crippen molar-refractivity contribution in [1.29, 1.82) is 5.26 Å². The highest BCUT2D eigenvalue weighted by Gasteiger charge is 2.33. The van der Waals surface area contributed by atoms with Gasteiger partial charge in [0.2, 0.25) is 0 Å². The number of nitrogens with two attached hydrogens (primary N) is 1. The molecule has 5 nitrogen and oxygen atoms in total. The molecule has 17 heavy (non-hydrogen) atoms. The van der Waals surface area contributed by atoms with E-state index in [0.29, 0.717) is 13.0 Å². The molecule has 2 unspecified atom stereocenters. The zero-order valence-electron chi connectivity index (χ0n) is 10.8. The number of amides is 1. The predicted octanol–water partition coefficient (Wildman–Crippen LogP) is 1.83. The van der Waals surface area contributed by atoms with Gasteiger partial charge in [0.1, 0.15) is 5.60 Å². The van der Waals surface area contributed by atoms with Crippen molar-refractivity contribution in [3.05, 3.63) is 0 Å². The molecule has 1 aliphatic heterocycles. The fourth-order valence-corrected chi connectivity index (χ4v) is 1.97. The van der Waals surface area contributed by atoms with Gasteiger partial charge in [0.05, 0.1) is 12.2 Å². The SMILES string of the molecule is CC(C)(C)OC(=O)N1CCCC(CC#N)C1N. The summed E-state index contributed by atoms with van der Waals surface area (Å²) in [5.74, 6) is 0.0567. The van der Waals surface area contributed by atoms with Crippen LogP contribution >= 0.6 is 0 Å². The molecule has 0 bridgehead atoms. The lowest BCUT2D eigenvalue weighted by Crippen LogP contribution is -2.54. The van der Waals surface area contributed by atoms with Gasteiger partial charge >= 0.3 is 6.09 Å². The Labute approximate surface area is 103 Å². The summed E-state index contributed by atoms with van der Waals surface area (Å²) in [7, 11) is 0. The topological polar surface area (TPSA) is 79.3 Å². The minimum atomic E-state index is -0.515. The van der Waals surface area contributed by atoms with Crippen molar-refractivity contribution < 1.29 is 9.53 Å². The van der Waals surface area contributed by atoms with Crippen molar-refractivity contribution in [2.45, 2.75) is 51.8 Å². The van der Waals surface area contributed by atoms with Crippen LogP contribution in [0.2, 0.25) is 0 Å². The lowest BCUT2D eigenvalue weighted by molar-refractivity contribution is 0.00149. The quantitative estimate of drug-likeness (QED) is 0.757. The second-order valence-corrected chi connectivity index (χ2v) is 5.43. The van der Waals surface area contributed by atoms with E-state index in [1.54, 1.807) is 0 Å². The van der Waals surface area contributed by atoms with Gasteiger partial charge in [-0.2, -0.15) is 5.26 Å². The molecule has 2 atom stereocenters. The van der Waals surface area contributed by atoms with E-state index >= 15 is 0 Å². The van der Waals surface area contributed by atoms with Crippen LogP contribution in [0.25, 0.3) is 0 Å². The van der Waals surface area contributed by atoms with Gasteiger partial charge in [-0.1, -0.05) is 0 Å². The maximum atomic E-state index is 11.9. The molecule has 0 radical (unpaired) electrons. The van der Waals surface area contributed by atoms with Crippen LogP contribution in [0.15, 0.2) is 0 Å². The molecule has 0 aromatic carbocycles. The van der Waals surface area contributed by atoms with E-state index in [-0.39, 0.29) is 12.0 Å². The van der Waals surface area contributed by atoms with Gasteiger partial charge in [0, 0.05) is 18.9 Å². The minimum Gasteiger partial charge on any atom is -0.444 e. The number of hydrogen-bond acceptors (Lipinski definition) is 4. The highest BCUT2D eigenvalue weighted by molar-refractivity contribution is 5.68. The normalized spacial score (nSPS) is 25.2. The Morgan fingerprint density at radius 1 is 1.59 bits per heavy atom. The fourth-order valence-electron chi connectivity index (χ4n) is 1.97. The number of ether oxygens (including phenoxy) is 1. The summed E-state index contributed by atoms with van der Waals surface area (Å²) in [5, 5.41) is 8.71. The maximum absolute atomic E-state index is 11.9. The van der Waals surface area contributed by atoms with Crippen LogP contribution in [0.4, 0.5) is 4.79 Å². The lowest BCUT2D eigenvalue weighted by atomic mass is 9.92. The fraction of sp³-hybridized carbons (Fsp3) is 0.833. The number of likely N-dealkylation sites (tertiary alicyclic amines) is 1.